The Morgan fingerprint density at radius 3 is 2.19 bits per heavy atom. The lowest BCUT2D eigenvalue weighted by Crippen LogP contribution is -2.03. The SMILES string of the molecule is O=C(c1ccccc1)c1ccccc1-c1c(O)c(O)cc2ccccc12. The van der Waals surface area contributed by atoms with Crippen molar-refractivity contribution in [1.29, 1.82) is 0 Å². The van der Waals surface area contributed by atoms with E-state index in [1.165, 1.54) is 6.07 Å². The van der Waals surface area contributed by atoms with Crippen molar-refractivity contribution < 1.29 is 15.0 Å². The van der Waals surface area contributed by atoms with Gasteiger partial charge in [0.2, 0.25) is 0 Å². The van der Waals surface area contributed by atoms with Gasteiger partial charge in [-0.3, -0.25) is 4.79 Å². The van der Waals surface area contributed by atoms with Crippen molar-refractivity contribution in [3.8, 4) is 22.6 Å². The number of carbonyl (C=O) groups is 1. The summed E-state index contributed by atoms with van der Waals surface area (Å²) >= 11 is 0. The zero-order chi connectivity index (χ0) is 18.1. The number of fused-ring (bicyclic) bond motifs is 1. The minimum atomic E-state index is -0.225. The highest BCUT2D eigenvalue weighted by Crippen LogP contribution is 2.43. The van der Waals surface area contributed by atoms with Crippen LogP contribution in [0.3, 0.4) is 0 Å². The topological polar surface area (TPSA) is 57.5 Å². The number of carbonyl (C=O) groups excluding carboxylic acids is 1. The Hall–Kier alpha value is -3.59. The summed E-state index contributed by atoms with van der Waals surface area (Å²) < 4.78 is 0. The molecule has 0 saturated heterocycles. The standard InChI is InChI=1S/C23H16O3/c24-20-14-16-10-4-5-11-17(16)21(23(20)26)18-12-6-7-13-19(18)22(25)15-8-2-1-3-9-15/h1-14,24,26H. The predicted molar refractivity (Wildman–Crippen MR) is 103 cm³/mol. The Labute approximate surface area is 150 Å². The second kappa shape index (κ2) is 6.37. The number of aromatic hydroxyl groups is 2. The molecule has 126 valence electrons. The fourth-order valence-electron chi connectivity index (χ4n) is 3.24. The maximum absolute atomic E-state index is 13.0. The van der Waals surface area contributed by atoms with Gasteiger partial charge in [-0.15, -0.1) is 0 Å². The van der Waals surface area contributed by atoms with Crippen LogP contribution in [0, 0.1) is 0 Å². The van der Waals surface area contributed by atoms with Gasteiger partial charge in [0.15, 0.2) is 17.3 Å². The molecule has 4 aromatic rings. The molecule has 0 aliphatic carbocycles. The number of phenols is 2. The summed E-state index contributed by atoms with van der Waals surface area (Å²) in [5.41, 5.74) is 2.10. The number of hydrogen-bond acceptors (Lipinski definition) is 3. The molecular weight excluding hydrogens is 324 g/mol. The van der Waals surface area contributed by atoms with Crippen molar-refractivity contribution in [2.45, 2.75) is 0 Å². The van der Waals surface area contributed by atoms with Crippen molar-refractivity contribution in [2.75, 3.05) is 0 Å². The first kappa shape index (κ1) is 15.9. The fraction of sp³-hybridized carbons (Fsp3) is 0. The molecule has 2 N–H and O–H groups in total. The summed E-state index contributed by atoms with van der Waals surface area (Å²) in [4.78, 5) is 13.0. The highest BCUT2D eigenvalue weighted by atomic mass is 16.3. The van der Waals surface area contributed by atoms with Crippen LogP contribution in [0.2, 0.25) is 0 Å². The Kier molecular flexibility index (Phi) is 3.90. The Bertz CT molecular complexity index is 1110. The molecule has 0 radical (unpaired) electrons. The summed E-state index contributed by atoms with van der Waals surface area (Å²) in [5.74, 6) is -0.564. The molecule has 0 atom stereocenters. The number of hydrogen-bond donors (Lipinski definition) is 2. The first-order valence-electron chi connectivity index (χ1n) is 8.29. The molecule has 0 spiro atoms. The first-order valence-corrected chi connectivity index (χ1v) is 8.29. The third-order valence-electron chi connectivity index (χ3n) is 4.48. The molecule has 0 heterocycles. The van der Waals surface area contributed by atoms with E-state index in [1.54, 1.807) is 30.3 Å². The predicted octanol–water partition coefficient (Wildman–Crippen LogP) is 5.15. The highest BCUT2D eigenvalue weighted by molar-refractivity contribution is 6.15. The van der Waals surface area contributed by atoms with E-state index in [9.17, 15) is 15.0 Å². The molecule has 0 unspecified atom stereocenters. The molecule has 4 aromatic carbocycles. The van der Waals surface area contributed by atoms with Crippen molar-refractivity contribution >= 4 is 16.6 Å². The molecule has 0 aliphatic heterocycles. The Balaban J connectivity index is 2.01. The monoisotopic (exact) mass is 340 g/mol. The van der Waals surface area contributed by atoms with E-state index in [1.807, 2.05) is 48.5 Å². The molecule has 4 rings (SSSR count). The van der Waals surface area contributed by atoms with Gasteiger partial charge in [0.1, 0.15) is 0 Å². The summed E-state index contributed by atoms with van der Waals surface area (Å²) in [6.45, 7) is 0. The molecule has 0 aliphatic rings. The van der Waals surface area contributed by atoms with Gasteiger partial charge in [0.05, 0.1) is 0 Å². The van der Waals surface area contributed by atoms with Crippen LogP contribution in [0.25, 0.3) is 21.9 Å². The molecule has 0 bridgehead atoms. The first-order chi connectivity index (χ1) is 12.7. The summed E-state index contributed by atoms with van der Waals surface area (Å²) in [7, 11) is 0. The molecule has 0 fully saturated rings. The lowest BCUT2D eigenvalue weighted by Gasteiger charge is -2.14. The maximum Gasteiger partial charge on any atom is 0.193 e. The van der Waals surface area contributed by atoms with Gasteiger partial charge in [-0.25, -0.2) is 0 Å². The largest absolute Gasteiger partial charge is 0.504 e. The zero-order valence-electron chi connectivity index (χ0n) is 13.9. The normalized spacial score (nSPS) is 10.8. The molecule has 0 saturated carbocycles. The van der Waals surface area contributed by atoms with Crippen molar-refractivity contribution in [2.24, 2.45) is 0 Å². The van der Waals surface area contributed by atoms with E-state index in [4.69, 9.17) is 0 Å². The van der Waals surface area contributed by atoms with Gasteiger partial charge < -0.3 is 10.2 Å². The van der Waals surface area contributed by atoms with Crippen molar-refractivity contribution in [3.05, 3.63) is 96.1 Å². The summed E-state index contributed by atoms with van der Waals surface area (Å²) in [5, 5.41) is 22.3. The number of rotatable bonds is 3. The fourth-order valence-corrected chi connectivity index (χ4v) is 3.24. The van der Waals surface area contributed by atoms with Crippen LogP contribution < -0.4 is 0 Å². The number of benzene rings is 4. The Morgan fingerprint density at radius 1 is 0.731 bits per heavy atom. The van der Waals surface area contributed by atoms with Gasteiger partial charge >= 0.3 is 0 Å². The molecule has 3 heteroatoms. The van der Waals surface area contributed by atoms with Gasteiger partial charge in [0, 0.05) is 16.7 Å². The van der Waals surface area contributed by atoms with Crippen LogP contribution in [0.5, 0.6) is 11.5 Å². The van der Waals surface area contributed by atoms with E-state index < -0.39 is 0 Å². The van der Waals surface area contributed by atoms with E-state index in [2.05, 4.69) is 0 Å². The second-order valence-electron chi connectivity index (χ2n) is 6.08. The summed E-state index contributed by atoms with van der Waals surface area (Å²) in [6, 6.07) is 25.1. The van der Waals surface area contributed by atoms with Crippen LogP contribution in [-0.2, 0) is 0 Å². The molecule has 0 aromatic heterocycles. The van der Waals surface area contributed by atoms with Crippen molar-refractivity contribution in [3.63, 3.8) is 0 Å². The number of phenolic OH excluding ortho intramolecular Hbond substituents is 2. The Morgan fingerprint density at radius 2 is 1.38 bits per heavy atom. The minimum absolute atomic E-state index is 0.131. The third kappa shape index (κ3) is 2.60. The third-order valence-corrected chi connectivity index (χ3v) is 4.48. The lowest BCUT2D eigenvalue weighted by atomic mass is 9.90. The van der Waals surface area contributed by atoms with E-state index >= 15 is 0 Å². The molecule has 26 heavy (non-hydrogen) atoms. The average Bonchev–Trinajstić information content (AvgIpc) is 2.69. The van der Waals surface area contributed by atoms with Crippen LogP contribution in [0.1, 0.15) is 15.9 Å². The number of ketones is 1. The average molecular weight is 340 g/mol. The molecule has 3 nitrogen and oxygen atoms in total. The van der Waals surface area contributed by atoms with E-state index in [0.717, 1.165) is 10.8 Å². The minimum Gasteiger partial charge on any atom is -0.504 e. The molecular formula is C23H16O3. The second-order valence-corrected chi connectivity index (χ2v) is 6.08. The van der Waals surface area contributed by atoms with Gasteiger partial charge in [-0.1, -0.05) is 78.9 Å². The van der Waals surface area contributed by atoms with E-state index in [0.29, 0.717) is 22.3 Å². The maximum atomic E-state index is 13.0. The van der Waals surface area contributed by atoms with E-state index in [-0.39, 0.29) is 17.3 Å². The zero-order valence-corrected chi connectivity index (χ0v) is 13.9. The summed E-state index contributed by atoms with van der Waals surface area (Å²) in [6.07, 6.45) is 0. The van der Waals surface area contributed by atoms with Crippen LogP contribution in [0.4, 0.5) is 0 Å². The lowest BCUT2D eigenvalue weighted by molar-refractivity contribution is 0.103. The molecule has 0 amide bonds. The van der Waals surface area contributed by atoms with Crippen molar-refractivity contribution in [1.82, 2.24) is 0 Å². The van der Waals surface area contributed by atoms with Crippen LogP contribution in [0.15, 0.2) is 84.9 Å². The highest BCUT2D eigenvalue weighted by Gasteiger charge is 2.20. The van der Waals surface area contributed by atoms with Gasteiger partial charge in [-0.2, -0.15) is 0 Å². The van der Waals surface area contributed by atoms with Crippen LogP contribution >= 0.6 is 0 Å². The van der Waals surface area contributed by atoms with Gasteiger partial charge in [0.25, 0.3) is 0 Å². The quantitative estimate of drug-likeness (QED) is 0.400. The smallest absolute Gasteiger partial charge is 0.193 e. The van der Waals surface area contributed by atoms with Gasteiger partial charge in [-0.05, 0) is 22.4 Å². The van der Waals surface area contributed by atoms with Crippen LogP contribution in [-0.4, -0.2) is 16.0 Å².